The van der Waals surface area contributed by atoms with Crippen LogP contribution in [-0.2, 0) is 4.74 Å². The third-order valence-electron chi connectivity index (χ3n) is 0.961. The number of hydrogen-bond donors (Lipinski definition) is 1. The highest BCUT2D eigenvalue weighted by Gasteiger charge is 2.01. The number of alkyl halides is 2. The van der Waals surface area contributed by atoms with Crippen LogP contribution in [0.4, 0.5) is 8.78 Å². The van der Waals surface area contributed by atoms with Gasteiger partial charge in [-0.15, -0.1) is 0 Å². The summed E-state index contributed by atoms with van der Waals surface area (Å²) in [5.74, 6) is 0. The van der Waals surface area contributed by atoms with E-state index >= 15 is 0 Å². The molecular weight excluding hydrogens is 140 g/mol. The van der Waals surface area contributed by atoms with Crippen molar-refractivity contribution in [2.45, 2.75) is 25.8 Å². The molecule has 0 unspecified atom stereocenters. The first kappa shape index (κ1) is 9.78. The predicted molar refractivity (Wildman–Crippen MR) is 35.1 cm³/mol. The summed E-state index contributed by atoms with van der Waals surface area (Å²) in [5, 5.41) is 0. The summed E-state index contributed by atoms with van der Waals surface area (Å²) in [4.78, 5) is 0. The average molecular weight is 153 g/mol. The highest BCUT2D eigenvalue weighted by molar-refractivity contribution is 4.50. The van der Waals surface area contributed by atoms with Crippen LogP contribution in [0, 0.1) is 0 Å². The monoisotopic (exact) mass is 153 g/mol. The van der Waals surface area contributed by atoms with Gasteiger partial charge < -0.3 is 10.5 Å². The maximum atomic E-state index is 11.4. The molecule has 0 aliphatic heterocycles. The van der Waals surface area contributed by atoms with E-state index in [2.05, 4.69) is 4.74 Å². The molecule has 4 heteroatoms. The lowest BCUT2D eigenvalue weighted by Gasteiger charge is -2.04. The van der Waals surface area contributed by atoms with E-state index in [1.807, 2.05) is 6.92 Å². The Morgan fingerprint density at radius 1 is 1.50 bits per heavy atom. The molecule has 0 saturated carbocycles. The summed E-state index contributed by atoms with van der Waals surface area (Å²) >= 11 is 0. The first-order valence-corrected chi connectivity index (χ1v) is 3.24. The topological polar surface area (TPSA) is 35.2 Å². The summed E-state index contributed by atoms with van der Waals surface area (Å²) in [7, 11) is 0. The molecule has 2 N–H and O–H groups in total. The third kappa shape index (κ3) is 7.78. The minimum Gasteiger partial charge on any atom is -0.375 e. The summed E-state index contributed by atoms with van der Waals surface area (Å²) < 4.78 is 27.4. The van der Waals surface area contributed by atoms with Gasteiger partial charge in [-0.05, 0) is 13.3 Å². The normalized spacial score (nSPS) is 14.1. The van der Waals surface area contributed by atoms with Gasteiger partial charge in [-0.25, -0.2) is 8.78 Å². The molecule has 10 heavy (non-hydrogen) atoms. The van der Waals surface area contributed by atoms with Crippen molar-refractivity contribution in [2.75, 3.05) is 13.2 Å². The van der Waals surface area contributed by atoms with Crippen molar-refractivity contribution in [3.8, 4) is 0 Å². The Morgan fingerprint density at radius 3 is 2.50 bits per heavy atom. The summed E-state index contributed by atoms with van der Waals surface area (Å²) in [6.07, 6.45) is -1.74. The van der Waals surface area contributed by atoms with E-state index in [9.17, 15) is 8.78 Å². The zero-order valence-corrected chi connectivity index (χ0v) is 6.02. The van der Waals surface area contributed by atoms with E-state index in [-0.39, 0.29) is 6.04 Å². The molecular formula is C6H13F2NO. The molecule has 0 spiro atoms. The molecule has 1 atom stereocenters. The molecule has 0 radical (unpaired) electrons. The highest BCUT2D eigenvalue weighted by Crippen LogP contribution is 1.94. The lowest BCUT2D eigenvalue weighted by molar-refractivity contribution is 0.0156. The first-order valence-electron chi connectivity index (χ1n) is 3.24. The molecule has 0 amide bonds. The second-order valence-corrected chi connectivity index (χ2v) is 2.23. The quantitative estimate of drug-likeness (QED) is 0.598. The number of ether oxygens (including phenoxy) is 1. The molecule has 0 aromatic heterocycles. The van der Waals surface area contributed by atoms with Crippen LogP contribution < -0.4 is 5.73 Å². The SMILES string of the molecule is C[C@@H](N)CCOCC(F)F. The van der Waals surface area contributed by atoms with E-state index in [0.717, 1.165) is 0 Å². The fraction of sp³-hybridized carbons (Fsp3) is 1.00. The molecule has 0 rings (SSSR count). The van der Waals surface area contributed by atoms with Crippen molar-refractivity contribution < 1.29 is 13.5 Å². The van der Waals surface area contributed by atoms with Crippen LogP contribution in [0.1, 0.15) is 13.3 Å². The number of halogens is 2. The van der Waals surface area contributed by atoms with Crippen LogP contribution in [0.5, 0.6) is 0 Å². The van der Waals surface area contributed by atoms with Gasteiger partial charge in [0.15, 0.2) is 0 Å². The maximum Gasteiger partial charge on any atom is 0.261 e. The van der Waals surface area contributed by atoms with Gasteiger partial charge in [-0.3, -0.25) is 0 Å². The molecule has 0 aromatic carbocycles. The van der Waals surface area contributed by atoms with Crippen LogP contribution in [0.25, 0.3) is 0 Å². The molecule has 0 saturated heterocycles. The Bertz CT molecular complexity index is 68.1. The standard InChI is InChI=1S/C6H13F2NO/c1-5(9)2-3-10-4-6(7)8/h5-6H,2-4,9H2,1H3/t5-/m1/s1. The zero-order chi connectivity index (χ0) is 7.98. The second-order valence-electron chi connectivity index (χ2n) is 2.23. The van der Waals surface area contributed by atoms with Crippen molar-refractivity contribution in [3.05, 3.63) is 0 Å². The van der Waals surface area contributed by atoms with Crippen molar-refractivity contribution in [1.29, 1.82) is 0 Å². The molecule has 0 bridgehead atoms. The van der Waals surface area contributed by atoms with Gasteiger partial charge in [-0.1, -0.05) is 0 Å². The Kier molecular flexibility index (Phi) is 5.43. The van der Waals surface area contributed by atoms with Crippen molar-refractivity contribution in [2.24, 2.45) is 5.73 Å². The lowest BCUT2D eigenvalue weighted by atomic mass is 10.3. The van der Waals surface area contributed by atoms with Gasteiger partial charge >= 0.3 is 0 Å². The average Bonchev–Trinajstić information content (AvgIpc) is 1.79. The maximum absolute atomic E-state index is 11.4. The van der Waals surface area contributed by atoms with Gasteiger partial charge in [-0.2, -0.15) is 0 Å². The van der Waals surface area contributed by atoms with Crippen LogP contribution >= 0.6 is 0 Å². The number of hydrogen-bond acceptors (Lipinski definition) is 2. The minimum absolute atomic E-state index is 0.0256. The van der Waals surface area contributed by atoms with E-state index < -0.39 is 13.0 Å². The lowest BCUT2D eigenvalue weighted by Crippen LogP contribution is -2.18. The fourth-order valence-corrected chi connectivity index (χ4v) is 0.442. The Balaban J connectivity index is 2.91. The number of rotatable bonds is 5. The third-order valence-corrected chi connectivity index (χ3v) is 0.961. The van der Waals surface area contributed by atoms with Crippen LogP contribution in [0.2, 0.25) is 0 Å². The van der Waals surface area contributed by atoms with Crippen molar-refractivity contribution >= 4 is 0 Å². The van der Waals surface area contributed by atoms with Crippen molar-refractivity contribution in [3.63, 3.8) is 0 Å². The summed E-state index contributed by atoms with van der Waals surface area (Å²) in [6.45, 7) is 1.65. The van der Waals surface area contributed by atoms with Gasteiger partial charge in [0.1, 0.15) is 6.61 Å². The molecule has 62 valence electrons. The van der Waals surface area contributed by atoms with E-state index in [4.69, 9.17) is 5.73 Å². The Hall–Kier alpha value is -0.220. The zero-order valence-electron chi connectivity index (χ0n) is 6.02. The second kappa shape index (κ2) is 5.56. The van der Waals surface area contributed by atoms with Crippen molar-refractivity contribution in [1.82, 2.24) is 0 Å². The van der Waals surface area contributed by atoms with Crippen LogP contribution in [-0.4, -0.2) is 25.7 Å². The molecule has 0 fully saturated rings. The van der Waals surface area contributed by atoms with Gasteiger partial charge in [0.25, 0.3) is 6.43 Å². The molecule has 0 heterocycles. The van der Waals surface area contributed by atoms with Gasteiger partial charge in [0.05, 0.1) is 0 Å². The molecule has 0 aliphatic carbocycles. The van der Waals surface area contributed by atoms with E-state index in [0.29, 0.717) is 13.0 Å². The predicted octanol–water partition coefficient (Wildman–Crippen LogP) is 1.01. The summed E-state index contributed by atoms with van der Waals surface area (Å²) in [5.41, 5.74) is 5.34. The molecule has 0 aromatic rings. The molecule has 0 aliphatic rings. The van der Waals surface area contributed by atoms with E-state index in [1.165, 1.54) is 0 Å². The van der Waals surface area contributed by atoms with E-state index in [1.54, 1.807) is 0 Å². The van der Waals surface area contributed by atoms with Gasteiger partial charge in [0, 0.05) is 12.6 Å². The molecule has 2 nitrogen and oxygen atoms in total. The largest absolute Gasteiger partial charge is 0.375 e. The minimum atomic E-state index is -2.37. The number of nitrogens with two attached hydrogens (primary N) is 1. The Labute approximate surface area is 59.3 Å². The smallest absolute Gasteiger partial charge is 0.261 e. The Morgan fingerprint density at radius 2 is 2.10 bits per heavy atom. The van der Waals surface area contributed by atoms with Gasteiger partial charge in [0.2, 0.25) is 0 Å². The first-order chi connectivity index (χ1) is 4.63. The van der Waals surface area contributed by atoms with Crippen LogP contribution in [0.3, 0.4) is 0 Å². The highest BCUT2D eigenvalue weighted by atomic mass is 19.3. The van der Waals surface area contributed by atoms with Crippen LogP contribution in [0.15, 0.2) is 0 Å². The fourth-order valence-electron chi connectivity index (χ4n) is 0.442. The summed E-state index contributed by atoms with van der Waals surface area (Å²) in [6, 6.07) is 0.0256.